The third kappa shape index (κ3) is 2.39. The van der Waals surface area contributed by atoms with Gasteiger partial charge in [0, 0.05) is 22.2 Å². The number of benzene rings is 4. The van der Waals surface area contributed by atoms with Crippen LogP contribution in [0.2, 0.25) is 0 Å². The molecule has 0 radical (unpaired) electrons. The molecule has 28 heavy (non-hydrogen) atoms. The molecule has 0 bridgehead atoms. The molecule has 0 saturated carbocycles. The van der Waals surface area contributed by atoms with Gasteiger partial charge in [0.15, 0.2) is 0 Å². The summed E-state index contributed by atoms with van der Waals surface area (Å²) in [6, 6.07) is 26.1. The van der Waals surface area contributed by atoms with Gasteiger partial charge < -0.3 is 5.73 Å². The Hall–Kier alpha value is -3.92. The molecule has 1 heterocycles. The van der Waals surface area contributed by atoms with E-state index < -0.39 is 0 Å². The molecule has 2 amide bonds. The minimum Gasteiger partial charge on any atom is -0.399 e. The molecule has 2 N–H and O–H groups in total. The van der Waals surface area contributed by atoms with Crippen LogP contribution in [-0.4, -0.2) is 11.8 Å². The molecule has 5 rings (SSSR count). The Balaban J connectivity index is 1.58. The molecular formula is C24H16N2O2. The van der Waals surface area contributed by atoms with Crippen LogP contribution in [0.15, 0.2) is 84.9 Å². The van der Waals surface area contributed by atoms with Crippen LogP contribution in [0, 0.1) is 0 Å². The van der Waals surface area contributed by atoms with Crippen LogP contribution in [0.5, 0.6) is 0 Å². The van der Waals surface area contributed by atoms with Crippen LogP contribution in [0.4, 0.5) is 11.4 Å². The molecule has 4 nitrogen and oxygen atoms in total. The number of rotatable bonds is 2. The summed E-state index contributed by atoms with van der Waals surface area (Å²) >= 11 is 0. The molecule has 4 aromatic rings. The van der Waals surface area contributed by atoms with E-state index in [0.717, 1.165) is 21.9 Å². The Bertz CT molecular complexity index is 1190. The molecule has 1 aliphatic rings. The Kier molecular flexibility index (Phi) is 3.52. The first-order valence-electron chi connectivity index (χ1n) is 9.00. The quantitative estimate of drug-likeness (QED) is 0.407. The highest BCUT2D eigenvalue weighted by Crippen LogP contribution is 2.33. The van der Waals surface area contributed by atoms with E-state index in [1.165, 1.54) is 4.90 Å². The Morgan fingerprint density at radius 2 is 1.11 bits per heavy atom. The number of hydrogen-bond acceptors (Lipinski definition) is 3. The summed E-state index contributed by atoms with van der Waals surface area (Å²) in [6.07, 6.45) is 0. The topological polar surface area (TPSA) is 63.4 Å². The predicted octanol–water partition coefficient (Wildman–Crippen LogP) is 4.89. The van der Waals surface area contributed by atoms with E-state index in [9.17, 15) is 9.59 Å². The molecule has 0 aromatic heterocycles. The fourth-order valence-electron chi connectivity index (χ4n) is 3.74. The van der Waals surface area contributed by atoms with Crippen molar-refractivity contribution in [3.63, 3.8) is 0 Å². The van der Waals surface area contributed by atoms with Crippen LogP contribution in [-0.2, 0) is 0 Å². The predicted molar refractivity (Wildman–Crippen MR) is 111 cm³/mol. The van der Waals surface area contributed by atoms with Gasteiger partial charge in [0.2, 0.25) is 0 Å². The normalized spacial score (nSPS) is 13.2. The van der Waals surface area contributed by atoms with Crippen molar-refractivity contribution in [3.05, 3.63) is 96.1 Å². The Morgan fingerprint density at radius 3 is 1.64 bits per heavy atom. The summed E-state index contributed by atoms with van der Waals surface area (Å²) in [4.78, 5) is 27.4. The largest absolute Gasteiger partial charge is 0.399 e. The van der Waals surface area contributed by atoms with E-state index in [1.54, 1.807) is 24.3 Å². The molecule has 1 aliphatic heterocycles. The van der Waals surface area contributed by atoms with Crippen molar-refractivity contribution in [3.8, 4) is 11.1 Å². The number of nitrogens with two attached hydrogens (primary N) is 1. The highest BCUT2D eigenvalue weighted by molar-refractivity contribution is 6.35. The zero-order valence-electron chi connectivity index (χ0n) is 14.9. The lowest BCUT2D eigenvalue weighted by Crippen LogP contribution is -2.40. The minimum absolute atomic E-state index is 0.297. The monoisotopic (exact) mass is 364 g/mol. The fraction of sp³-hybridized carbons (Fsp3) is 0. The van der Waals surface area contributed by atoms with Gasteiger partial charge in [0.05, 0.1) is 5.69 Å². The second-order valence-corrected chi connectivity index (χ2v) is 6.82. The van der Waals surface area contributed by atoms with Crippen molar-refractivity contribution in [2.75, 3.05) is 10.6 Å². The second kappa shape index (κ2) is 6.06. The molecule has 0 unspecified atom stereocenters. The summed E-state index contributed by atoms with van der Waals surface area (Å²) in [5.74, 6) is -0.593. The SMILES string of the molecule is Nc1ccc(-c2ccc(N3C(=O)c4cccc5cccc(c45)C3=O)cc2)cc1. The number of carbonyl (C=O) groups excluding carboxylic acids is 2. The molecule has 0 spiro atoms. The standard InChI is InChI=1S/C24H16N2O2/c25-18-11-7-15(8-12-18)16-9-13-19(14-10-16)26-23(27)20-5-1-3-17-4-2-6-21(22(17)20)24(26)28/h1-14H,25H2. The van der Waals surface area contributed by atoms with Crippen LogP contribution >= 0.6 is 0 Å². The zero-order chi connectivity index (χ0) is 19.3. The number of anilines is 2. The first-order chi connectivity index (χ1) is 13.6. The number of carbonyl (C=O) groups is 2. The zero-order valence-corrected chi connectivity index (χ0v) is 14.9. The molecule has 4 aromatic carbocycles. The molecule has 134 valence electrons. The van der Waals surface area contributed by atoms with Crippen LogP contribution < -0.4 is 10.6 Å². The Morgan fingerprint density at radius 1 is 0.607 bits per heavy atom. The summed E-state index contributed by atoms with van der Waals surface area (Å²) in [7, 11) is 0. The van der Waals surface area contributed by atoms with Gasteiger partial charge in [-0.2, -0.15) is 0 Å². The van der Waals surface area contributed by atoms with Gasteiger partial charge in [-0.1, -0.05) is 48.5 Å². The van der Waals surface area contributed by atoms with Crippen molar-refractivity contribution >= 4 is 34.0 Å². The van der Waals surface area contributed by atoms with Gasteiger partial charge in [-0.25, -0.2) is 4.90 Å². The van der Waals surface area contributed by atoms with Crippen LogP contribution in [0.1, 0.15) is 20.7 Å². The molecular weight excluding hydrogens is 348 g/mol. The lowest BCUT2D eigenvalue weighted by Gasteiger charge is -2.27. The summed E-state index contributed by atoms with van der Waals surface area (Å²) < 4.78 is 0. The third-order valence-electron chi connectivity index (χ3n) is 5.14. The molecule has 4 heteroatoms. The van der Waals surface area contributed by atoms with Crippen molar-refractivity contribution in [1.29, 1.82) is 0 Å². The summed E-state index contributed by atoms with van der Waals surface area (Å²) in [5.41, 5.74) is 10.1. The van der Waals surface area contributed by atoms with Gasteiger partial charge in [-0.15, -0.1) is 0 Å². The van der Waals surface area contributed by atoms with Gasteiger partial charge in [-0.3, -0.25) is 9.59 Å². The van der Waals surface area contributed by atoms with E-state index >= 15 is 0 Å². The lowest BCUT2D eigenvalue weighted by molar-refractivity contribution is 0.0893. The van der Waals surface area contributed by atoms with Gasteiger partial charge in [0.25, 0.3) is 11.8 Å². The molecule has 0 fully saturated rings. The first kappa shape index (κ1) is 16.3. The van der Waals surface area contributed by atoms with E-state index in [1.807, 2.05) is 60.7 Å². The van der Waals surface area contributed by atoms with E-state index in [4.69, 9.17) is 5.73 Å². The van der Waals surface area contributed by atoms with Crippen LogP contribution in [0.25, 0.3) is 21.9 Å². The van der Waals surface area contributed by atoms with E-state index in [2.05, 4.69) is 0 Å². The van der Waals surface area contributed by atoms with Gasteiger partial charge in [0.1, 0.15) is 0 Å². The molecule has 0 aliphatic carbocycles. The lowest BCUT2D eigenvalue weighted by atomic mass is 9.93. The number of nitrogens with zero attached hydrogens (tertiary/aromatic N) is 1. The maximum absolute atomic E-state index is 13.1. The number of nitrogen functional groups attached to an aromatic ring is 1. The van der Waals surface area contributed by atoms with Crippen molar-refractivity contribution in [2.45, 2.75) is 0 Å². The molecule has 0 atom stereocenters. The van der Waals surface area contributed by atoms with Gasteiger partial charge in [-0.05, 0) is 52.9 Å². The summed E-state index contributed by atoms with van der Waals surface area (Å²) in [6.45, 7) is 0. The highest BCUT2D eigenvalue weighted by Gasteiger charge is 2.33. The smallest absolute Gasteiger partial charge is 0.265 e. The minimum atomic E-state index is -0.297. The average Bonchev–Trinajstić information content (AvgIpc) is 2.73. The highest BCUT2D eigenvalue weighted by atomic mass is 16.2. The first-order valence-corrected chi connectivity index (χ1v) is 9.00. The third-order valence-corrected chi connectivity index (χ3v) is 5.14. The number of imide groups is 1. The van der Waals surface area contributed by atoms with Crippen molar-refractivity contribution in [1.82, 2.24) is 0 Å². The van der Waals surface area contributed by atoms with E-state index in [0.29, 0.717) is 22.5 Å². The maximum Gasteiger partial charge on any atom is 0.265 e. The van der Waals surface area contributed by atoms with Crippen LogP contribution in [0.3, 0.4) is 0 Å². The van der Waals surface area contributed by atoms with Crippen molar-refractivity contribution < 1.29 is 9.59 Å². The Labute approximate surface area is 161 Å². The second-order valence-electron chi connectivity index (χ2n) is 6.82. The molecule has 0 saturated heterocycles. The maximum atomic E-state index is 13.1. The van der Waals surface area contributed by atoms with E-state index in [-0.39, 0.29) is 11.8 Å². The number of amides is 2. The number of hydrogen-bond donors (Lipinski definition) is 1. The van der Waals surface area contributed by atoms with Gasteiger partial charge >= 0.3 is 0 Å². The summed E-state index contributed by atoms with van der Waals surface area (Å²) in [5, 5.41) is 1.63. The fourth-order valence-corrected chi connectivity index (χ4v) is 3.74. The average molecular weight is 364 g/mol. The van der Waals surface area contributed by atoms with Crippen molar-refractivity contribution in [2.24, 2.45) is 0 Å².